The highest BCUT2D eigenvalue weighted by molar-refractivity contribution is 5.20. The number of hydrogen-bond donors (Lipinski definition) is 3. The predicted molar refractivity (Wildman–Crippen MR) is 88.7 cm³/mol. The molecule has 0 spiro atoms. The van der Waals surface area contributed by atoms with E-state index >= 15 is 0 Å². The summed E-state index contributed by atoms with van der Waals surface area (Å²) in [6, 6.07) is 11.5. The maximum Gasteiger partial charge on any atom is 0.147 e. The second-order valence-corrected chi connectivity index (χ2v) is 6.57. The average molecular weight is 312 g/mol. The van der Waals surface area contributed by atoms with Crippen molar-refractivity contribution in [3.05, 3.63) is 47.5 Å². The standard InChI is InChI=1S/C17H24N6/c1-12-20-16-8-7-15(11-23(16)22-12)18-9-14-10-19-21-17(14)13-5-3-2-4-6-13/h2-6,14-15,17-19,21H,7-11H2,1H3. The van der Waals surface area contributed by atoms with E-state index in [0.717, 1.165) is 44.1 Å². The summed E-state index contributed by atoms with van der Waals surface area (Å²) in [5.41, 5.74) is 8.07. The summed E-state index contributed by atoms with van der Waals surface area (Å²) < 4.78 is 2.07. The first-order valence-corrected chi connectivity index (χ1v) is 8.46. The molecule has 0 saturated carbocycles. The van der Waals surface area contributed by atoms with Crippen LogP contribution in [0, 0.1) is 12.8 Å². The van der Waals surface area contributed by atoms with Gasteiger partial charge in [-0.1, -0.05) is 30.3 Å². The van der Waals surface area contributed by atoms with Gasteiger partial charge in [0.05, 0.1) is 12.6 Å². The van der Waals surface area contributed by atoms with Crippen LogP contribution < -0.4 is 16.2 Å². The van der Waals surface area contributed by atoms with Crippen molar-refractivity contribution >= 4 is 0 Å². The highest BCUT2D eigenvalue weighted by Crippen LogP contribution is 2.24. The van der Waals surface area contributed by atoms with Gasteiger partial charge in [-0.05, 0) is 18.9 Å². The Balaban J connectivity index is 1.36. The van der Waals surface area contributed by atoms with Crippen LogP contribution in [0.15, 0.2) is 30.3 Å². The highest BCUT2D eigenvalue weighted by Gasteiger charge is 2.29. The van der Waals surface area contributed by atoms with Gasteiger partial charge in [-0.15, -0.1) is 0 Å². The molecule has 1 aromatic heterocycles. The number of hydrogen-bond acceptors (Lipinski definition) is 5. The summed E-state index contributed by atoms with van der Waals surface area (Å²) in [4.78, 5) is 4.48. The van der Waals surface area contributed by atoms with Gasteiger partial charge in [0.1, 0.15) is 11.6 Å². The molecule has 2 aliphatic rings. The number of fused-ring (bicyclic) bond motifs is 1. The molecule has 3 heterocycles. The first kappa shape index (κ1) is 14.8. The highest BCUT2D eigenvalue weighted by atomic mass is 15.4. The van der Waals surface area contributed by atoms with Crippen LogP contribution in [0.25, 0.3) is 0 Å². The Hall–Kier alpha value is -1.76. The largest absolute Gasteiger partial charge is 0.312 e. The molecule has 1 saturated heterocycles. The van der Waals surface area contributed by atoms with Crippen molar-refractivity contribution in [1.82, 2.24) is 30.9 Å². The number of nitrogens with one attached hydrogen (secondary N) is 3. The number of aryl methyl sites for hydroxylation is 2. The molecule has 3 N–H and O–H groups in total. The number of benzene rings is 1. The Kier molecular flexibility index (Phi) is 4.11. The van der Waals surface area contributed by atoms with Gasteiger partial charge in [-0.3, -0.25) is 5.43 Å². The molecule has 0 bridgehead atoms. The maximum atomic E-state index is 4.48. The third-order valence-electron chi connectivity index (χ3n) is 4.88. The van der Waals surface area contributed by atoms with Crippen LogP contribution in [-0.4, -0.2) is 33.9 Å². The Bertz CT molecular complexity index is 652. The second kappa shape index (κ2) is 6.39. The topological polar surface area (TPSA) is 66.8 Å². The van der Waals surface area contributed by atoms with Crippen molar-refractivity contribution in [2.75, 3.05) is 13.1 Å². The van der Waals surface area contributed by atoms with E-state index in [0.29, 0.717) is 18.0 Å². The molecule has 122 valence electrons. The molecular formula is C17H24N6. The molecule has 3 atom stereocenters. The fourth-order valence-electron chi connectivity index (χ4n) is 3.66. The fraction of sp³-hybridized carbons (Fsp3) is 0.529. The molecule has 6 heteroatoms. The van der Waals surface area contributed by atoms with Crippen LogP contribution in [0.5, 0.6) is 0 Å². The smallest absolute Gasteiger partial charge is 0.147 e. The van der Waals surface area contributed by atoms with Crippen LogP contribution >= 0.6 is 0 Å². The predicted octanol–water partition coefficient (Wildman–Crippen LogP) is 0.956. The summed E-state index contributed by atoms with van der Waals surface area (Å²) in [5.74, 6) is 2.57. The fourth-order valence-corrected chi connectivity index (χ4v) is 3.66. The van der Waals surface area contributed by atoms with Crippen LogP contribution in [0.4, 0.5) is 0 Å². The van der Waals surface area contributed by atoms with Crippen LogP contribution in [-0.2, 0) is 13.0 Å². The summed E-state index contributed by atoms with van der Waals surface area (Å²) in [6.45, 7) is 4.90. The van der Waals surface area contributed by atoms with Gasteiger partial charge < -0.3 is 5.32 Å². The molecule has 4 rings (SSSR count). The van der Waals surface area contributed by atoms with Crippen LogP contribution in [0.3, 0.4) is 0 Å². The van der Waals surface area contributed by atoms with Crippen molar-refractivity contribution in [3.63, 3.8) is 0 Å². The SMILES string of the molecule is Cc1nc2n(n1)CC(NCC1CNNC1c1ccccc1)CC2. The van der Waals surface area contributed by atoms with Gasteiger partial charge in [0.2, 0.25) is 0 Å². The lowest BCUT2D eigenvalue weighted by Crippen LogP contribution is -2.41. The van der Waals surface area contributed by atoms with E-state index in [9.17, 15) is 0 Å². The van der Waals surface area contributed by atoms with E-state index in [2.05, 4.69) is 61.3 Å². The minimum atomic E-state index is 0.372. The van der Waals surface area contributed by atoms with Crippen molar-refractivity contribution in [3.8, 4) is 0 Å². The zero-order valence-corrected chi connectivity index (χ0v) is 13.5. The van der Waals surface area contributed by atoms with Gasteiger partial charge in [-0.2, -0.15) is 5.10 Å². The normalized spacial score (nSPS) is 27.1. The lowest BCUT2D eigenvalue weighted by molar-refractivity contribution is 0.329. The van der Waals surface area contributed by atoms with E-state index in [1.54, 1.807) is 0 Å². The first-order valence-electron chi connectivity index (χ1n) is 8.46. The molecule has 2 aromatic rings. The maximum absolute atomic E-state index is 4.48. The molecule has 1 aromatic carbocycles. The third kappa shape index (κ3) is 3.15. The molecule has 0 aliphatic carbocycles. The molecular weight excluding hydrogens is 288 g/mol. The monoisotopic (exact) mass is 312 g/mol. The molecule has 1 fully saturated rings. The third-order valence-corrected chi connectivity index (χ3v) is 4.88. The van der Waals surface area contributed by atoms with Crippen molar-refractivity contribution < 1.29 is 0 Å². The molecule has 6 nitrogen and oxygen atoms in total. The molecule has 23 heavy (non-hydrogen) atoms. The van der Waals surface area contributed by atoms with E-state index < -0.39 is 0 Å². The van der Waals surface area contributed by atoms with E-state index in [1.807, 2.05) is 6.92 Å². The lowest BCUT2D eigenvalue weighted by Gasteiger charge is -2.26. The first-order chi connectivity index (χ1) is 11.3. The Morgan fingerprint density at radius 2 is 2.17 bits per heavy atom. The van der Waals surface area contributed by atoms with Gasteiger partial charge >= 0.3 is 0 Å². The Morgan fingerprint density at radius 3 is 3.04 bits per heavy atom. The summed E-state index contributed by atoms with van der Waals surface area (Å²) in [5, 5.41) is 8.23. The van der Waals surface area contributed by atoms with Crippen LogP contribution in [0.2, 0.25) is 0 Å². The zero-order valence-electron chi connectivity index (χ0n) is 13.5. The molecule has 2 aliphatic heterocycles. The Labute approximate surface area is 136 Å². The van der Waals surface area contributed by atoms with E-state index in [1.165, 1.54) is 5.56 Å². The molecule has 0 radical (unpaired) electrons. The number of rotatable bonds is 4. The average Bonchev–Trinajstić information content (AvgIpc) is 3.18. The lowest BCUT2D eigenvalue weighted by atomic mass is 9.94. The quantitative estimate of drug-likeness (QED) is 0.784. The van der Waals surface area contributed by atoms with E-state index in [-0.39, 0.29) is 0 Å². The van der Waals surface area contributed by atoms with Crippen molar-refractivity contribution in [2.45, 2.75) is 38.4 Å². The Morgan fingerprint density at radius 1 is 1.30 bits per heavy atom. The number of hydrazine groups is 1. The zero-order chi connectivity index (χ0) is 15.6. The van der Waals surface area contributed by atoms with Gasteiger partial charge in [0.15, 0.2) is 0 Å². The minimum absolute atomic E-state index is 0.372. The summed E-state index contributed by atoms with van der Waals surface area (Å²) >= 11 is 0. The molecule has 0 amide bonds. The van der Waals surface area contributed by atoms with E-state index in [4.69, 9.17) is 0 Å². The van der Waals surface area contributed by atoms with Gasteiger partial charge in [0.25, 0.3) is 0 Å². The van der Waals surface area contributed by atoms with Crippen molar-refractivity contribution in [1.29, 1.82) is 0 Å². The van der Waals surface area contributed by atoms with Gasteiger partial charge in [-0.25, -0.2) is 15.1 Å². The summed E-state index contributed by atoms with van der Waals surface area (Å²) in [6.07, 6.45) is 2.16. The van der Waals surface area contributed by atoms with Gasteiger partial charge in [0, 0.05) is 31.5 Å². The molecule has 3 unspecified atom stereocenters. The number of aromatic nitrogens is 3. The minimum Gasteiger partial charge on any atom is -0.312 e. The van der Waals surface area contributed by atoms with Crippen molar-refractivity contribution in [2.24, 2.45) is 5.92 Å². The number of nitrogens with zero attached hydrogens (tertiary/aromatic N) is 3. The van der Waals surface area contributed by atoms with Crippen LogP contribution in [0.1, 0.15) is 29.7 Å². The second-order valence-electron chi connectivity index (χ2n) is 6.57. The summed E-state index contributed by atoms with van der Waals surface area (Å²) in [7, 11) is 0.